The first-order valence-corrected chi connectivity index (χ1v) is 7.40. The summed E-state index contributed by atoms with van der Waals surface area (Å²) in [7, 11) is 1.97. The van der Waals surface area contributed by atoms with Crippen molar-refractivity contribution >= 4 is 16.6 Å². The molecule has 0 spiro atoms. The molecule has 5 nitrogen and oxygen atoms in total. The maximum Gasteiger partial charge on any atom is 0.0918 e. The molecule has 3 rings (SSSR count). The molecule has 3 aromatic rings. The van der Waals surface area contributed by atoms with Crippen molar-refractivity contribution in [2.45, 2.75) is 33.2 Å². The minimum absolute atomic E-state index is 0.661. The molecule has 1 aromatic carbocycles. The van der Waals surface area contributed by atoms with E-state index in [1.54, 1.807) is 0 Å². The first-order chi connectivity index (χ1) is 10.2. The molecule has 21 heavy (non-hydrogen) atoms. The monoisotopic (exact) mass is 283 g/mol. The predicted molar refractivity (Wildman–Crippen MR) is 85.2 cm³/mol. The molecule has 0 amide bonds. The zero-order chi connectivity index (χ0) is 15.0. The Bertz CT molecular complexity index is 781. The number of para-hydroxylation sites is 1. The second kappa shape index (κ2) is 5.24. The van der Waals surface area contributed by atoms with E-state index in [2.05, 4.69) is 36.2 Å². The van der Waals surface area contributed by atoms with Gasteiger partial charge in [0, 0.05) is 12.4 Å². The van der Waals surface area contributed by atoms with Crippen LogP contribution in [-0.4, -0.2) is 19.6 Å². The van der Waals surface area contributed by atoms with Gasteiger partial charge in [-0.3, -0.25) is 9.36 Å². The third-order valence-electron chi connectivity index (χ3n) is 3.98. The van der Waals surface area contributed by atoms with Crippen LogP contribution in [0.15, 0.2) is 24.3 Å². The number of nitrogens with two attached hydrogens (primary N) is 1. The molecule has 0 aliphatic heterocycles. The van der Waals surface area contributed by atoms with Crippen molar-refractivity contribution in [1.82, 2.24) is 19.6 Å². The summed E-state index contributed by atoms with van der Waals surface area (Å²) in [5, 5.41) is 10.5. The van der Waals surface area contributed by atoms with Gasteiger partial charge in [-0.15, -0.1) is 0 Å². The second-order valence-electron chi connectivity index (χ2n) is 5.26. The summed E-state index contributed by atoms with van der Waals surface area (Å²) in [6, 6.07) is 8.27. The molecular weight excluding hydrogens is 262 g/mol. The van der Waals surface area contributed by atoms with Gasteiger partial charge in [-0.1, -0.05) is 32.0 Å². The van der Waals surface area contributed by atoms with Crippen LogP contribution in [0, 0.1) is 0 Å². The van der Waals surface area contributed by atoms with Crippen LogP contribution in [0.1, 0.15) is 30.9 Å². The van der Waals surface area contributed by atoms with E-state index in [0.29, 0.717) is 6.54 Å². The summed E-state index contributed by atoms with van der Waals surface area (Å²) in [4.78, 5) is 0. The van der Waals surface area contributed by atoms with Gasteiger partial charge in [-0.2, -0.15) is 10.2 Å². The van der Waals surface area contributed by atoms with Crippen LogP contribution in [0.3, 0.4) is 0 Å². The highest BCUT2D eigenvalue weighted by molar-refractivity contribution is 5.81. The standard InChI is InChI=1S/C16H21N5/c1-4-12-16(17)14(5-2)21(19-12)10-13-11-8-6-7-9-15(11)20(3)18-13/h6-9H,4-5,10,17H2,1-3H3. The highest BCUT2D eigenvalue weighted by Crippen LogP contribution is 2.22. The molecule has 0 fully saturated rings. The SMILES string of the molecule is CCc1nn(Cc2nn(C)c3ccccc23)c(CC)c1N. The van der Waals surface area contributed by atoms with Gasteiger partial charge in [0.25, 0.3) is 0 Å². The van der Waals surface area contributed by atoms with Crippen molar-refractivity contribution in [1.29, 1.82) is 0 Å². The summed E-state index contributed by atoms with van der Waals surface area (Å²) in [5.74, 6) is 0. The number of aryl methyl sites for hydroxylation is 2. The second-order valence-corrected chi connectivity index (χ2v) is 5.26. The number of nitrogens with zero attached hydrogens (tertiary/aromatic N) is 4. The maximum absolute atomic E-state index is 6.19. The Morgan fingerprint density at radius 3 is 2.52 bits per heavy atom. The van der Waals surface area contributed by atoms with E-state index in [9.17, 15) is 0 Å². The number of aromatic nitrogens is 4. The lowest BCUT2D eigenvalue weighted by Gasteiger charge is -2.04. The van der Waals surface area contributed by atoms with Gasteiger partial charge >= 0.3 is 0 Å². The lowest BCUT2D eigenvalue weighted by Crippen LogP contribution is -2.08. The number of fused-ring (bicyclic) bond motifs is 1. The van der Waals surface area contributed by atoms with Gasteiger partial charge in [0.05, 0.1) is 34.8 Å². The zero-order valence-corrected chi connectivity index (χ0v) is 12.8. The third kappa shape index (κ3) is 2.18. The van der Waals surface area contributed by atoms with Gasteiger partial charge in [-0.25, -0.2) is 0 Å². The first kappa shape index (κ1) is 13.7. The fourth-order valence-corrected chi connectivity index (χ4v) is 2.88. The number of rotatable bonds is 4. The molecule has 0 bridgehead atoms. The number of benzene rings is 1. The summed E-state index contributed by atoms with van der Waals surface area (Å²) >= 11 is 0. The number of nitrogen functional groups attached to an aromatic ring is 1. The van der Waals surface area contributed by atoms with Crippen molar-refractivity contribution in [2.75, 3.05) is 5.73 Å². The van der Waals surface area contributed by atoms with E-state index in [1.807, 2.05) is 28.5 Å². The number of hydrogen-bond donors (Lipinski definition) is 1. The van der Waals surface area contributed by atoms with Gasteiger partial charge in [0.2, 0.25) is 0 Å². The van der Waals surface area contributed by atoms with Crippen LogP contribution < -0.4 is 5.73 Å². The van der Waals surface area contributed by atoms with Gasteiger partial charge in [-0.05, 0) is 18.9 Å². The molecule has 110 valence electrons. The van der Waals surface area contributed by atoms with Crippen molar-refractivity contribution < 1.29 is 0 Å². The van der Waals surface area contributed by atoms with Gasteiger partial charge < -0.3 is 5.73 Å². The van der Waals surface area contributed by atoms with Crippen molar-refractivity contribution in [2.24, 2.45) is 7.05 Å². The third-order valence-corrected chi connectivity index (χ3v) is 3.98. The van der Waals surface area contributed by atoms with Gasteiger partial charge in [0.1, 0.15) is 0 Å². The highest BCUT2D eigenvalue weighted by atomic mass is 15.3. The Morgan fingerprint density at radius 1 is 1.05 bits per heavy atom. The van der Waals surface area contributed by atoms with Crippen molar-refractivity contribution in [3.05, 3.63) is 41.3 Å². The number of hydrogen-bond acceptors (Lipinski definition) is 3. The average Bonchev–Trinajstić information content (AvgIpc) is 2.97. The Hall–Kier alpha value is -2.30. The summed E-state index contributed by atoms with van der Waals surface area (Å²) in [5.41, 5.74) is 11.3. The topological polar surface area (TPSA) is 61.7 Å². The zero-order valence-electron chi connectivity index (χ0n) is 12.8. The van der Waals surface area contributed by atoms with Crippen LogP contribution >= 0.6 is 0 Å². The molecule has 2 N–H and O–H groups in total. The Morgan fingerprint density at radius 2 is 1.81 bits per heavy atom. The molecule has 5 heteroatoms. The fraction of sp³-hybridized carbons (Fsp3) is 0.375. The predicted octanol–water partition coefficient (Wildman–Crippen LogP) is 2.53. The molecule has 0 aliphatic carbocycles. The van der Waals surface area contributed by atoms with E-state index in [-0.39, 0.29) is 0 Å². The summed E-state index contributed by atoms with van der Waals surface area (Å²) in [6.45, 7) is 4.85. The molecule has 0 radical (unpaired) electrons. The maximum atomic E-state index is 6.19. The molecule has 0 saturated carbocycles. The van der Waals surface area contributed by atoms with Gasteiger partial charge in [0.15, 0.2) is 0 Å². The Labute approximate surface area is 124 Å². The van der Waals surface area contributed by atoms with Crippen LogP contribution in [0.2, 0.25) is 0 Å². The molecule has 0 unspecified atom stereocenters. The van der Waals surface area contributed by atoms with Crippen molar-refractivity contribution in [3.8, 4) is 0 Å². The largest absolute Gasteiger partial charge is 0.396 e. The lowest BCUT2D eigenvalue weighted by atomic mass is 10.2. The first-order valence-electron chi connectivity index (χ1n) is 7.40. The minimum atomic E-state index is 0.661. The summed E-state index contributed by atoms with van der Waals surface area (Å²) < 4.78 is 3.92. The summed E-state index contributed by atoms with van der Waals surface area (Å²) in [6.07, 6.45) is 1.73. The molecule has 2 aromatic heterocycles. The lowest BCUT2D eigenvalue weighted by molar-refractivity contribution is 0.620. The average molecular weight is 283 g/mol. The van der Waals surface area contributed by atoms with E-state index in [4.69, 9.17) is 5.73 Å². The molecule has 2 heterocycles. The van der Waals surface area contributed by atoms with Crippen LogP contribution in [0.5, 0.6) is 0 Å². The molecule has 0 saturated heterocycles. The normalized spacial score (nSPS) is 11.4. The smallest absolute Gasteiger partial charge is 0.0918 e. The van der Waals surface area contributed by atoms with Crippen LogP contribution in [-0.2, 0) is 26.4 Å². The fourth-order valence-electron chi connectivity index (χ4n) is 2.88. The van der Waals surface area contributed by atoms with E-state index >= 15 is 0 Å². The molecule has 0 atom stereocenters. The highest BCUT2D eigenvalue weighted by Gasteiger charge is 2.15. The van der Waals surface area contributed by atoms with E-state index < -0.39 is 0 Å². The quantitative estimate of drug-likeness (QED) is 0.800. The van der Waals surface area contributed by atoms with Crippen molar-refractivity contribution in [3.63, 3.8) is 0 Å². The Kier molecular flexibility index (Phi) is 3.41. The molecular formula is C16H21N5. The Balaban J connectivity index is 2.07. The molecule has 0 aliphatic rings. The van der Waals surface area contributed by atoms with Crippen LogP contribution in [0.4, 0.5) is 5.69 Å². The van der Waals surface area contributed by atoms with E-state index in [0.717, 1.165) is 41.1 Å². The number of anilines is 1. The minimum Gasteiger partial charge on any atom is -0.396 e. The van der Waals surface area contributed by atoms with E-state index in [1.165, 1.54) is 5.39 Å². The van der Waals surface area contributed by atoms with Crippen LogP contribution in [0.25, 0.3) is 10.9 Å².